The van der Waals surface area contributed by atoms with Crippen LogP contribution >= 0.6 is 0 Å². The minimum Gasteiger partial charge on any atom is -0.460 e. The van der Waals surface area contributed by atoms with E-state index in [1.165, 1.54) is 0 Å². The maximum Gasteiger partial charge on any atom is 0.336 e. The molecule has 0 bridgehead atoms. The summed E-state index contributed by atoms with van der Waals surface area (Å²) in [7, 11) is 0. The maximum atomic E-state index is 12.3. The molecular formula is C23H31NO7S. The van der Waals surface area contributed by atoms with Crippen molar-refractivity contribution in [3.63, 3.8) is 0 Å². The Hall–Kier alpha value is -1.84. The van der Waals surface area contributed by atoms with E-state index in [9.17, 15) is 18.6 Å². The number of hydrogen-bond acceptors (Lipinski definition) is 7. The topological polar surface area (TPSA) is 99.2 Å². The number of fused-ring (bicyclic) bond motifs is 3. The summed E-state index contributed by atoms with van der Waals surface area (Å²) in [5.41, 5.74) is 0.533. The van der Waals surface area contributed by atoms with Crippen LogP contribution < -0.4 is 0 Å². The lowest BCUT2D eigenvalue weighted by molar-refractivity contribution is -0.202. The molecule has 9 heteroatoms. The van der Waals surface area contributed by atoms with Crippen molar-refractivity contribution >= 4 is 30.2 Å². The van der Waals surface area contributed by atoms with E-state index >= 15 is 0 Å². The lowest BCUT2D eigenvalue weighted by atomic mass is 9.43. The van der Waals surface area contributed by atoms with Crippen molar-refractivity contribution in [3.8, 4) is 0 Å². The Morgan fingerprint density at radius 1 is 1.22 bits per heavy atom. The highest BCUT2D eigenvalue weighted by Crippen LogP contribution is 2.66. The lowest BCUT2D eigenvalue weighted by Gasteiger charge is -2.64. The second kappa shape index (κ2) is 8.18. The van der Waals surface area contributed by atoms with E-state index in [2.05, 4.69) is 20.4 Å². The van der Waals surface area contributed by atoms with Crippen LogP contribution in [0.25, 0.3) is 0 Å². The molecule has 32 heavy (non-hydrogen) atoms. The van der Waals surface area contributed by atoms with E-state index in [1.807, 2.05) is 13.0 Å². The van der Waals surface area contributed by atoms with Gasteiger partial charge in [0, 0.05) is 5.41 Å². The van der Waals surface area contributed by atoms with E-state index < -0.39 is 29.0 Å². The van der Waals surface area contributed by atoms with Gasteiger partial charge in [-0.2, -0.15) is 4.21 Å². The van der Waals surface area contributed by atoms with E-state index in [4.69, 9.17) is 13.1 Å². The lowest BCUT2D eigenvalue weighted by Crippen LogP contribution is -2.65. The third-order valence-electron chi connectivity index (χ3n) is 8.81. The second-order valence-electron chi connectivity index (χ2n) is 10.2. The minimum atomic E-state index is -1.73. The van der Waals surface area contributed by atoms with Crippen LogP contribution in [-0.4, -0.2) is 52.8 Å². The van der Waals surface area contributed by atoms with Gasteiger partial charge in [0.15, 0.2) is 0 Å². The zero-order valence-electron chi connectivity index (χ0n) is 18.8. The highest BCUT2D eigenvalue weighted by molar-refractivity contribution is 7.75. The number of cyclic esters (lactones) is 1. The van der Waals surface area contributed by atoms with Crippen LogP contribution in [0.2, 0.25) is 0 Å². The Morgan fingerprint density at radius 3 is 2.62 bits per heavy atom. The van der Waals surface area contributed by atoms with Crippen LogP contribution in [0.4, 0.5) is 0 Å². The Bertz CT molecular complexity index is 895. The van der Waals surface area contributed by atoms with Crippen LogP contribution in [0.3, 0.4) is 0 Å². The first kappa shape index (κ1) is 23.3. The van der Waals surface area contributed by atoms with E-state index in [1.54, 1.807) is 0 Å². The monoisotopic (exact) mass is 465 g/mol. The van der Waals surface area contributed by atoms with Crippen molar-refractivity contribution in [2.75, 3.05) is 13.2 Å². The number of hydrogen-bond donors (Lipinski definition) is 0. The molecule has 2 aliphatic carbocycles. The van der Waals surface area contributed by atoms with Crippen LogP contribution in [0, 0.1) is 22.7 Å². The fraction of sp³-hybridized carbons (Fsp3) is 0.696. The molecule has 2 saturated carbocycles. The Labute approximate surface area is 191 Å². The molecule has 4 aliphatic rings. The molecule has 0 radical (unpaired) electrons. The molecule has 2 unspecified atom stereocenters. The highest BCUT2D eigenvalue weighted by atomic mass is 32.2. The minimum absolute atomic E-state index is 0.0180. The molecule has 2 amide bonds. The normalized spacial score (nSPS) is 45.0. The van der Waals surface area contributed by atoms with Crippen LogP contribution in [0.1, 0.15) is 52.9 Å². The van der Waals surface area contributed by atoms with Crippen molar-refractivity contribution in [3.05, 3.63) is 23.8 Å². The molecule has 7 atom stereocenters. The van der Waals surface area contributed by atoms with Crippen molar-refractivity contribution in [1.82, 2.24) is 4.90 Å². The molecule has 0 N–H and O–H groups in total. The molecule has 0 aromatic rings. The quantitative estimate of drug-likeness (QED) is 0.266. The van der Waals surface area contributed by atoms with Crippen LogP contribution in [0.15, 0.2) is 23.8 Å². The summed E-state index contributed by atoms with van der Waals surface area (Å²) < 4.78 is 28.4. The maximum absolute atomic E-state index is 12.3. The number of imide groups is 1. The second-order valence-corrected chi connectivity index (χ2v) is 11.0. The zero-order chi connectivity index (χ0) is 23.3. The van der Waals surface area contributed by atoms with Gasteiger partial charge in [0.2, 0.25) is 12.8 Å². The average molecular weight is 466 g/mol. The number of amides is 2. The van der Waals surface area contributed by atoms with Gasteiger partial charge in [-0.25, -0.2) is 4.79 Å². The smallest absolute Gasteiger partial charge is 0.336 e. The predicted octanol–water partition coefficient (Wildman–Crippen LogP) is 2.62. The van der Waals surface area contributed by atoms with E-state index in [0.717, 1.165) is 36.2 Å². The van der Waals surface area contributed by atoms with E-state index in [-0.39, 0.29) is 29.3 Å². The molecular weight excluding hydrogens is 434 g/mol. The summed E-state index contributed by atoms with van der Waals surface area (Å²) in [6.07, 6.45) is 6.65. The fourth-order valence-corrected chi connectivity index (χ4v) is 7.58. The summed E-state index contributed by atoms with van der Waals surface area (Å²) in [6, 6.07) is -0.694. The molecule has 8 nitrogen and oxygen atoms in total. The van der Waals surface area contributed by atoms with Gasteiger partial charge in [0.05, 0.1) is 17.8 Å². The Kier molecular flexibility index (Phi) is 5.96. The van der Waals surface area contributed by atoms with Crippen molar-refractivity contribution in [1.29, 1.82) is 0 Å². The van der Waals surface area contributed by atoms with Gasteiger partial charge in [-0.15, -0.1) is 0 Å². The number of ether oxygens (including phenoxy) is 1. The van der Waals surface area contributed by atoms with Crippen molar-refractivity contribution in [2.24, 2.45) is 22.7 Å². The SMILES string of the molecule is C=C1CC[C@H]2[C@@](C)(CC[C@@]3(C)OS(=O)OC[C@@]23C)[C@@H]1C/C=C1/C(=O)OCC1N(C=O)C=O. The third-order valence-corrected chi connectivity index (χ3v) is 9.62. The van der Waals surface area contributed by atoms with Crippen molar-refractivity contribution < 1.29 is 31.7 Å². The molecule has 0 spiro atoms. The zero-order valence-corrected chi connectivity index (χ0v) is 19.7. The summed E-state index contributed by atoms with van der Waals surface area (Å²) in [6.45, 7) is 11.2. The van der Waals surface area contributed by atoms with Gasteiger partial charge in [0.1, 0.15) is 12.6 Å². The van der Waals surface area contributed by atoms with Gasteiger partial charge in [-0.1, -0.05) is 32.1 Å². The summed E-state index contributed by atoms with van der Waals surface area (Å²) in [5.74, 6) is -0.128. The van der Waals surface area contributed by atoms with Gasteiger partial charge < -0.3 is 4.74 Å². The molecule has 2 aliphatic heterocycles. The molecule has 0 aromatic heterocycles. The molecule has 4 rings (SSSR count). The van der Waals surface area contributed by atoms with Gasteiger partial charge in [0.25, 0.3) is 0 Å². The van der Waals surface area contributed by atoms with E-state index in [0.29, 0.717) is 31.4 Å². The number of esters is 1. The summed E-state index contributed by atoms with van der Waals surface area (Å²) in [5, 5.41) is 0. The number of rotatable bonds is 5. The number of carbonyl (C=O) groups is 3. The van der Waals surface area contributed by atoms with Crippen molar-refractivity contribution in [2.45, 2.75) is 64.5 Å². The molecule has 2 heterocycles. The largest absolute Gasteiger partial charge is 0.460 e. The van der Waals surface area contributed by atoms with Crippen LogP contribution in [0.5, 0.6) is 0 Å². The fourth-order valence-electron chi connectivity index (χ4n) is 6.62. The number of allylic oxidation sites excluding steroid dienone is 2. The molecule has 2 saturated heterocycles. The Morgan fingerprint density at radius 2 is 1.94 bits per heavy atom. The van der Waals surface area contributed by atoms with Gasteiger partial charge in [-0.3, -0.25) is 22.9 Å². The summed E-state index contributed by atoms with van der Waals surface area (Å²) >= 11 is -1.73. The predicted molar refractivity (Wildman–Crippen MR) is 116 cm³/mol. The summed E-state index contributed by atoms with van der Waals surface area (Å²) in [4.78, 5) is 35.7. The van der Waals surface area contributed by atoms with Gasteiger partial charge >= 0.3 is 17.3 Å². The molecule has 176 valence electrons. The third kappa shape index (κ3) is 3.40. The van der Waals surface area contributed by atoms with Gasteiger partial charge in [-0.05, 0) is 56.3 Å². The van der Waals surface area contributed by atoms with Crippen LogP contribution in [-0.2, 0) is 38.8 Å². The number of nitrogens with zero attached hydrogens (tertiary/aromatic N) is 1. The molecule has 0 aromatic carbocycles. The first-order chi connectivity index (χ1) is 15.1. The first-order valence-corrected chi connectivity index (χ1v) is 12.1. The molecule has 4 fully saturated rings. The number of carbonyl (C=O) groups excluding carboxylic acids is 3. The first-order valence-electron chi connectivity index (χ1n) is 11.1. The Balaban J connectivity index is 1.64. The average Bonchev–Trinajstić information content (AvgIpc) is 3.10. The standard InChI is InChI=1S/C23H31NO7S/c1-15-5-8-19-21(2,9-10-23(4)22(19,3)12-30-32(28)31-23)17(15)7-6-16-18(11-29-20(16)27)24(13-25)14-26/h6,13-14,17-19H,1,5,7-12H2,2-4H3/b16-6+/t17-,18?,19+,21+,22+,23-,32?/m1/s1. The highest BCUT2D eigenvalue weighted by Gasteiger charge is 2.65.